The number of amides is 1. The molecule has 2 aromatic carbocycles. The molecule has 0 aliphatic carbocycles. The Labute approximate surface area is 211 Å². The molecule has 2 aliphatic rings. The van der Waals surface area contributed by atoms with E-state index in [0.29, 0.717) is 31.3 Å². The van der Waals surface area contributed by atoms with Crippen LogP contribution in [0.3, 0.4) is 0 Å². The van der Waals surface area contributed by atoms with Gasteiger partial charge in [0.1, 0.15) is 18.2 Å². The highest BCUT2D eigenvalue weighted by Gasteiger charge is 2.19. The molecule has 3 heterocycles. The first-order chi connectivity index (χ1) is 17.7. The first kappa shape index (κ1) is 24.3. The molecule has 5 rings (SSSR count). The van der Waals surface area contributed by atoms with Crippen LogP contribution in [0.5, 0.6) is 11.6 Å². The lowest BCUT2D eigenvalue weighted by Gasteiger charge is -2.36. The number of rotatable bonds is 10. The van der Waals surface area contributed by atoms with Crippen LogP contribution >= 0.6 is 0 Å². The number of hydrogen-bond acceptors (Lipinski definition) is 7. The predicted molar refractivity (Wildman–Crippen MR) is 141 cm³/mol. The molecule has 3 aromatic rings. The summed E-state index contributed by atoms with van der Waals surface area (Å²) in [6.45, 7) is 6.03. The zero-order valence-electron chi connectivity index (χ0n) is 20.6. The van der Waals surface area contributed by atoms with E-state index in [-0.39, 0.29) is 12.5 Å². The number of benzene rings is 2. The summed E-state index contributed by atoms with van der Waals surface area (Å²) in [6.07, 6.45) is 3.29. The number of carbonyl (C=O) groups excluding carboxylic acids is 1. The molecule has 1 fully saturated rings. The van der Waals surface area contributed by atoms with Crippen LogP contribution in [-0.4, -0.2) is 73.4 Å². The van der Waals surface area contributed by atoms with E-state index in [9.17, 15) is 4.79 Å². The number of nitrogens with one attached hydrogen (secondary N) is 1. The molecule has 2 N–H and O–H groups in total. The van der Waals surface area contributed by atoms with Gasteiger partial charge in [-0.2, -0.15) is 4.98 Å². The van der Waals surface area contributed by atoms with E-state index >= 15 is 0 Å². The minimum absolute atomic E-state index is 0.0122. The van der Waals surface area contributed by atoms with Crippen molar-refractivity contribution in [1.29, 1.82) is 0 Å². The van der Waals surface area contributed by atoms with Gasteiger partial charge in [-0.15, -0.1) is 0 Å². The van der Waals surface area contributed by atoms with Gasteiger partial charge in [0.05, 0.1) is 13.2 Å². The molecule has 0 atom stereocenters. The van der Waals surface area contributed by atoms with Gasteiger partial charge in [0, 0.05) is 49.7 Å². The van der Waals surface area contributed by atoms with Crippen molar-refractivity contribution in [2.45, 2.75) is 25.7 Å². The second-order valence-electron chi connectivity index (χ2n) is 9.32. The predicted octanol–water partition coefficient (Wildman–Crippen LogP) is 3.47. The number of pyridine rings is 1. The average molecular weight is 491 g/mol. The van der Waals surface area contributed by atoms with Gasteiger partial charge in [-0.3, -0.25) is 9.69 Å². The van der Waals surface area contributed by atoms with Gasteiger partial charge in [-0.1, -0.05) is 18.2 Å². The number of anilines is 2. The molecule has 8 nitrogen and oxygen atoms in total. The highest BCUT2D eigenvalue weighted by molar-refractivity contribution is 5.95. The Morgan fingerprint density at radius 2 is 1.83 bits per heavy atom. The van der Waals surface area contributed by atoms with Gasteiger partial charge in [-0.05, 0) is 61.0 Å². The maximum Gasteiger partial charge on any atom is 0.225 e. The van der Waals surface area contributed by atoms with E-state index in [4.69, 9.17) is 14.6 Å². The Kier molecular flexibility index (Phi) is 7.83. The topological polar surface area (TPSA) is 87.2 Å². The van der Waals surface area contributed by atoms with Crippen molar-refractivity contribution in [2.24, 2.45) is 0 Å². The van der Waals surface area contributed by atoms with Gasteiger partial charge in [0.15, 0.2) is 0 Å². The third-order valence-electron chi connectivity index (χ3n) is 6.85. The molecule has 2 aliphatic heterocycles. The summed E-state index contributed by atoms with van der Waals surface area (Å²) in [4.78, 5) is 21.0. The van der Waals surface area contributed by atoms with E-state index in [0.717, 1.165) is 63.3 Å². The number of piperazine rings is 1. The van der Waals surface area contributed by atoms with Crippen LogP contribution < -0.4 is 19.7 Å². The molecule has 1 amide bonds. The molecule has 0 spiro atoms. The first-order valence-electron chi connectivity index (χ1n) is 12.9. The maximum atomic E-state index is 11.6. The van der Waals surface area contributed by atoms with Crippen LogP contribution in [-0.2, 0) is 11.2 Å². The molecule has 0 saturated carbocycles. The van der Waals surface area contributed by atoms with Gasteiger partial charge >= 0.3 is 0 Å². The van der Waals surface area contributed by atoms with Crippen LogP contribution in [0.25, 0.3) is 10.8 Å². The van der Waals surface area contributed by atoms with Crippen molar-refractivity contribution in [3.63, 3.8) is 0 Å². The van der Waals surface area contributed by atoms with E-state index in [1.165, 1.54) is 16.5 Å². The number of aromatic nitrogens is 1. The number of aliphatic hydroxyl groups excluding tert-OH is 1. The molecule has 190 valence electrons. The summed E-state index contributed by atoms with van der Waals surface area (Å²) < 4.78 is 11.5. The van der Waals surface area contributed by atoms with Crippen molar-refractivity contribution in [2.75, 3.05) is 62.8 Å². The Morgan fingerprint density at radius 3 is 2.69 bits per heavy atom. The number of fused-ring (bicyclic) bond motifs is 2. The van der Waals surface area contributed by atoms with Gasteiger partial charge in [0.2, 0.25) is 11.8 Å². The second kappa shape index (κ2) is 11.6. The van der Waals surface area contributed by atoms with Crippen molar-refractivity contribution < 1.29 is 19.4 Å². The van der Waals surface area contributed by atoms with E-state index in [1.807, 2.05) is 18.2 Å². The molecular weight excluding hydrogens is 456 g/mol. The van der Waals surface area contributed by atoms with E-state index in [1.54, 1.807) is 0 Å². The summed E-state index contributed by atoms with van der Waals surface area (Å²) >= 11 is 0. The summed E-state index contributed by atoms with van der Waals surface area (Å²) in [5.74, 6) is 2.02. The average Bonchev–Trinajstić information content (AvgIpc) is 2.91. The molecule has 8 heteroatoms. The minimum Gasteiger partial charge on any atom is -0.491 e. The fourth-order valence-electron chi connectivity index (χ4n) is 4.89. The number of carbonyl (C=O) groups is 1. The van der Waals surface area contributed by atoms with Gasteiger partial charge in [-0.25, -0.2) is 0 Å². The Hall–Kier alpha value is -3.36. The Morgan fingerprint density at radius 1 is 0.944 bits per heavy atom. The fraction of sp³-hybridized carbons (Fsp3) is 0.429. The minimum atomic E-state index is 0.0122. The molecule has 1 aromatic heterocycles. The van der Waals surface area contributed by atoms with Crippen LogP contribution in [0.4, 0.5) is 11.5 Å². The van der Waals surface area contributed by atoms with Crippen LogP contribution in [0.2, 0.25) is 0 Å². The van der Waals surface area contributed by atoms with Crippen molar-refractivity contribution in [3.8, 4) is 11.6 Å². The third kappa shape index (κ3) is 5.88. The number of unbranched alkanes of at least 4 members (excludes halogenated alkanes) is 1. The summed E-state index contributed by atoms with van der Waals surface area (Å²) in [6, 6.07) is 16.4. The normalized spacial score (nSPS) is 16.0. The number of hydrogen-bond donors (Lipinski definition) is 2. The molecule has 1 saturated heterocycles. The van der Waals surface area contributed by atoms with Gasteiger partial charge < -0.3 is 24.8 Å². The molecule has 0 bridgehead atoms. The van der Waals surface area contributed by atoms with Crippen LogP contribution in [0.1, 0.15) is 24.8 Å². The Balaban J connectivity index is 1.07. The number of nitrogens with zero attached hydrogens (tertiary/aromatic N) is 3. The lowest BCUT2D eigenvalue weighted by Crippen LogP contribution is -2.46. The highest BCUT2D eigenvalue weighted by atomic mass is 16.5. The summed E-state index contributed by atoms with van der Waals surface area (Å²) in [5.41, 5.74) is 2.31. The molecule has 0 unspecified atom stereocenters. The standard InChI is InChI=1S/C28H34N4O4/c33-17-19-35-23-9-6-21-4-3-5-25(24(21)20-23)32-15-13-31(14-16-32)12-1-2-18-36-27-11-8-22-7-10-26(34)29-28(22)30-27/h3-6,8-9,11,20,33H,1-2,7,10,12-19H2,(H,29,30,34). The summed E-state index contributed by atoms with van der Waals surface area (Å²) in [7, 11) is 0. The zero-order chi connectivity index (χ0) is 24.7. The number of aryl methyl sites for hydroxylation is 1. The SMILES string of the molecule is O=C1CCc2ccc(OCCCCN3CCN(c4cccc5ccc(OCCO)cc45)CC3)nc2N1. The smallest absolute Gasteiger partial charge is 0.225 e. The number of ether oxygens (including phenoxy) is 2. The van der Waals surface area contributed by atoms with E-state index in [2.05, 4.69) is 50.4 Å². The molecule has 0 radical (unpaired) electrons. The molecular formula is C28H34N4O4. The number of aliphatic hydroxyl groups is 1. The Bertz CT molecular complexity index is 1190. The zero-order valence-corrected chi connectivity index (χ0v) is 20.6. The van der Waals surface area contributed by atoms with Crippen molar-refractivity contribution in [1.82, 2.24) is 9.88 Å². The first-order valence-corrected chi connectivity index (χ1v) is 12.9. The second-order valence-corrected chi connectivity index (χ2v) is 9.32. The largest absolute Gasteiger partial charge is 0.491 e. The maximum absolute atomic E-state index is 11.6. The molecule has 36 heavy (non-hydrogen) atoms. The quantitative estimate of drug-likeness (QED) is 0.421. The van der Waals surface area contributed by atoms with E-state index < -0.39 is 0 Å². The highest BCUT2D eigenvalue weighted by Crippen LogP contribution is 2.31. The van der Waals surface area contributed by atoms with Crippen LogP contribution in [0.15, 0.2) is 48.5 Å². The van der Waals surface area contributed by atoms with Crippen LogP contribution in [0, 0.1) is 0 Å². The van der Waals surface area contributed by atoms with Gasteiger partial charge in [0.25, 0.3) is 0 Å². The monoisotopic (exact) mass is 490 g/mol. The lowest BCUT2D eigenvalue weighted by molar-refractivity contribution is -0.116. The van der Waals surface area contributed by atoms with Crippen molar-refractivity contribution >= 4 is 28.2 Å². The summed E-state index contributed by atoms with van der Waals surface area (Å²) in [5, 5.41) is 14.3. The third-order valence-corrected chi connectivity index (χ3v) is 6.85. The van der Waals surface area contributed by atoms with Crippen molar-refractivity contribution in [3.05, 3.63) is 54.1 Å². The fourth-order valence-corrected chi connectivity index (χ4v) is 4.89. The lowest BCUT2D eigenvalue weighted by atomic mass is 10.1.